The Labute approximate surface area is 219 Å². The standard InChI is InChI=1S/C29H39N6O2/c1-20-9-6-10-21(2)27(20)23-17-22(3)28-26(18-23)32-33-29(31-28)30-24-11-7-12-25(19-24)35(36,37)16-8-15-34-13-4-5-14-34/h6-7,9-12,17-18,24,32,36-37H,4-5,8,13-16,19H2,1-3H3,(H2,30,31,33)/q+1/p+1. The summed E-state index contributed by atoms with van der Waals surface area (Å²) in [6, 6.07) is 10.6. The van der Waals surface area contributed by atoms with Crippen LogP contribution in [0.25, 0.3) is 11.1 Å². The van der Waals surface area contributed by atoms with Crippen LogP contribution in [0.5, 0.6) is 0 Å². The number of nitrogens with one attached hydrogen (secondary N) is 2. The predicted molar refractivity (Wildman–Crippen MR) is 147 cm³/mol. The van der Waals surface area contributed by atoms with Gasteiger partial charge in [-0.2, -0.15) is 15.8 Å². The fourth-order valence-electron chi connectivity index (χ4n) is 5.70. The van der Waals surface area contributed by atoms with Gasteiger partial charge in [0.2, 0.25) is 0 Å². The molecule has 6 N–H and O–H groups in total. The lowest BCUT2D eigenvalue weighted by Crippen LogP contribution is -2.95. The highest BCUT2D eigenvalue weighted by Gasteiger charge is 2.33. The number of hydroxylamine groups is 4. The van der Waals surface area contributed by atoms with Gasteiger partial charge in [0.1, 0.15) is 12.2 Å². The van der Waals surface area contributed by atoms with E-state index in [2.05, 4.69) is 66.7 Å². The molecule has 1 fully saturated rings. The summed E-state index contributed by atoms with van der Waals surface area (Å²) in [4.78, 5) is 6.21. The molecule has 0 spiro atoms. The highest BCUT2D eigenvalue weighted by atomic mass is 16.8. The summed E-state index contributed by atoms with van der Waals surface area (Å²) in [5, 5.41) is 25.0. The molecule has 1 saturated heterocycles. The monoisotopic (exact) mass is 504 g/mol. The Kier molecular flexibility index (Phi) is 7.46. The van der Waals surface area contributed by atoms with Gasteiger partial charge in [-0.25, -0.2) is 10.4 Å². The van der Waals surface area contributed by atoms with E-state index in [9.17, 15) is 10.4 Å². The number of aliphatic imine (C=N–C) groups is 1. The molecule has 2 aliphatic heterocycles. The van der Waals surface area contributed by atoms with Crippen LogP contribution >= 0.6 is 0 Å². The molecular weight excluding hydrogens is 464 g/mol. The van der Waals surface area contributed by atoms with Crippen molar-refractivity contribution in [2.75, 3.05) is 36.9 Å². The SMILES string of the molecule is Cc1cc(-c2c(C)cccc2C)cc2c1NC(=NC1C=CC=C([N+](O)(O)CCCN3CCCC3)C1)[NH2+]N2. The number of rotatable bonds is 7. The average Bonchev–Trinajstić information content (AvgIpc) is 3.38. The van der Waals surface area contributed by atoms with E-state index in [1.54, 1.807) is 6.08 Å². The Morgan fingerprint density at radius 1 is 1.08 bits per heavy atom. The van der Waals surface area contributed by atoms with Crippen molar-refractivity contribution in [1.29, 1.82) is 0 Å². The van der Waals surface area contributed by atoms with Crippen LogP contribution in [-0.2, 0) is 0 Å². The van der Waals surface area contributed by atoms with Crippen molar-refractivity contribution in [1.82, 2.24) is 4.90 Å². The van der Waals surface area contributed by atoms with Crippen LogP contribution in [0, 0.1) is 20.8 Å². The fourth-order valence-corrected chi connectivity index (χ4v) is 5.70. The topological polar surface area (TPSA) is 96.7 Å². The Morgan fingerprint density at radius 3 is 2.59 bits per heavy atom. The number of benzene rings is 2. The van der Waals surface area contributed by atoms with E-state index in [-0.39, 0.29) is 12.6 Å². The van der Waals surface area contributed by atoms with Crippen LogP contribution in [0.3, 0.4) is 0 Å². The van der Waals surface area contributed by atoms with E-state index >= 15 is 0 Å². The Bertz CT molecular complexity index is 1220. The largest absolute Gasteiger partial charge is 0.324 e. The molecule has 0 radical (unpaired) electrons. The molecule has 5 rings (SSSR count). The van der Waals surface area contributed by atoms with E-state index in [1.807, 2.05) is 17.6 Å². The van der Waals surface area contributed by atoms with Gasteiger partial charge in [-0.3, -0.25) is 5.32 Å². The van der Waals surface area contributed by atoms with Gasteiger partial charge in [-0.05, 0) is 91.5 Å². The minimum Gasteiger partial charge on any atom is -0.303 e. The lowest BCUT2D eigenvalue weighted by atomic mass is 9.93. The number of guanidine groups is 1. The van der Waals surface area contributed by atoms with Crippen LogP contribution < -0.4 is 16.2 Å². The zero-order valence-electron chi connectivity index (χ0n) is 22.2. The number of fused-ring (bicyclic) bond motifs is 1. The van der Waals surface area contributed by atoms with Gasteiger partial charge in [-0.1, -0.05) is 30.4 Å². The zero-order valence-corrected chi connectivity index (χ0v) is 22.2. The first-order valence-electron chi connectivity index (χ1n) is 13.4. The number of aryl methyl sites for hydroxylation is 3. The van der Waals surface area contributed by atoms with Crippen LogP contribution in [0.1, 0.15) is 42.4 Å². The Hall–Kier alpha value is -3.01. The number of hydrogen-bond donors (Lipinski definition) is 5. The molecule has 1 aliphatic carbocycles. The quantitative estimate of drug-likeness (QED) is 0.221. The summed E-state index contributed by atoms with van der Waals surface area (Å²) in [6.07, 6.45) is 9.37. The van der Waals surface area contributed by atoms with Gasteiger partial charge in [0.05, 0.1) is 18.2 Å². The summed E-state index contributed by atoms with van der Waals surface area (Å²) >= 11 is 0. The molecule has 0 amide bonds. The highest BCUT2D eigenvalue weighted by molar-refractivity contribution is 5.96. The minimum atomic E-state index is -1.06. The summed E-state index contributed by atoms with van der Waals surface area (Å²) < 4.78 is 0. The molecule has 1 unspecified atom stereocenters. The number of likely N-dealkylation sites (tertiary alicyclic amines) is 1. The van der Waals surface area contributed by atoms with Crippen molar-refractivity contribution in [2.45, 2.75) is 52.5 Å². The van der Waals surface area contributed by atoms with Gasteiger partial charge in [0.15, 0.2) is 5.70 Å². The van der Waals surface area contributed by atoms with Gasteiger partial charge in [0, 0.05) is 19.0 Å². The number of nitrogens with two attached hydrogens (primary N) is 1. The molecule has 0 bridgehead atoms. The first-order chi connectivity index (χ1) is 17.8. The number of allylic oxidation sites excluding steroid dienone is 2. The second kappa shape index (κ2) is 10.8. The van der Waals surface area contributed by atoms with Gasteiger partial charge >= 0.3 is 5.96 Å². The smallest absolute Gasteiger partial charge is 0.303 e. The summed E-state index contributed by atoms with van der Waals surface area (Å²) in [5.74, 6) is 0.731. The number of nitrogen functional groups attached to an aromatic ring is 1. The summed E-state index contributed by atoms with van der Waals surface area (Å²) in [7, 11) is 0. The Morgan fingerprint density at radius 2 is 1.84 bits per heavy atom. The second-order valence-corrected chi connectivity index (χ2v) is 10.6. The Balaban J connectivity index is 1.25. The van der Waals surface area contributed by atoms with Crippen LogP contribution in [0.4, 0.5) is 11.4 Å². The van der Waals surface area contributed by atoms with E-state index in [1.165, 1.54) is 35.1 Å². The van der Waals surface area contributed by atoms with E-state index in [0.29, 0.717) is 12.1 Å². The highest BCUT2D eigenvalue weighted by Crippen LogP contribution is 2.35. The molecule has 0 aromatic heterocycles. The third-order valence-corrected chi connectivity index (χ3v) is 7.67. The third kappa shape index (κ3) is 5.79. The van der Waals surface area contributed by atoms with Gasteiger partial charge in [-0.15, -0.1) is 0 Å². The molecule has 1 atom stereocenters. The molecule has 8 nitrogen and oxygen atoms in total. The number of anilines is 2. The average molecular weight is 505 g/mol. The van der Waals surface area contributed by atoms with Crippen molar-refractivity contribution in [2.24, 2.45) is 4.99 Å². The second-order valence-electron chi connectivity index (χ2n) is 10.6. The van der Waals surface area contributed by atoms with Crippen molar-refractivity contribution >= 4 is 17.3 Å². The van der Waals surface area contributed by atoms with Gasteiger partial charge < -0.3 is 4.90 Å². The summed E-state index contributed by atoms with van der Waals surface area (Å²) in [5.41, 5.74) is 14.1. The van der Waals surface area contributed by atoms with Crippen LogP contribution in [-0.4, -0.2) is 58.3 Å². The molecule has 2 aromatic carbocycles. The molecule has 8 heteroatoms. The fraction of sp³-hybridized carbons (Fsp3) is 0.414. The van der Waals surface area contributed by atoms with Crippen LogP contribution in [0.2, 0.25) is 0 Å². The van der Waals surface area contributed by atoms with Crippen molar-refractivity contribution in [3.63, 3.8) is 0 Å². The van der Waals surface area contributed by atoms with Crippen molar-refractivity contribution in [3.05, 3.63) is 70.9 Å². The first kappa shape index (κ1) is 25.6. The normalized spacial score (nSPS) is 20.9. The van der Waals surface area contributed by atoms with E-state index < -0.39 is 4.81 Å². The van der Waals surface area contributed by atoms with Crippen molar-refractivity contribution < 1.29 is 20.6 Å². The lowest BCUT2D eigenvalue weighted by Gasteiger charge is -2.27. The number of nitrogens with zero attached hydrogens (tertiary/aromatic N) is 3. The number of hydrogen-bond acceptors (Lipinski definition) is 5. The molecule has 3 aliphatic rings. The molecule has 2 heterocycles. The summed E-state index contributed by atoms with van der Waals surface area (Å²) in [6.45, 7) is 9.84. The predicted octanol–water partition coefficient (Wildman–Crippen LogP) is 4.24. The minimum absolute atomic E-state index is 0.174. The van der Waals surface area contributed by atoms with Crippen LogP contribution in [0.15, 0.2) is 59.2 Å². The molecule has 0 saturated carbocycles. The first-order valence-corrected chi connectivity index (χ1v) is 13.4. The molecule has 2 aromatic rings. The van der Waals surface area contributed by atoms with Crippen molar-refractivity contribution in [3.8, 4) is 11.1 Å². The third-order valence-electron chi connectivity index (χ3n) is 7.67. The van der Waals surface area contributed by atoms with E-state index in [4.69, 9.17) is 4.99 Å². The maximum Gasteiger partial charge on any atom is 0.324 e. The van der Waals surface area contributed by atoms with Gasteiger partial charge in [0.25, 0.3) is 0 Å². The number of quaternary nitrogens is 2. The molecular formula is C29H40N6O2+2. The maximum atomic E-state index is 10.8. The maximum absolute atomic E-state index is 10.8. The molecule has 196 valence electrons. The zero-order chi connectivity index (χ0) is 26.0. The lowest BCUT2D eigenvalue weighted by molar-refractivity contribution is -1.22. The molecule has 37 heavy (non-hydrogen) atoms. The van der Waals surface area contributed by atoms with E-state index in [0.717, 1.165) is 49.0 Å².